The van der Waals surface area contributed by atoms with Gasteiger partial charge in [-0.05, 0) is 31.9 Å². The molecule has 0 radical (unpaired) electrons. The van der Waals surface area contributed by atoms with E-state index < -0.39 is 17.6 Å². The van der Waals surface area contributed by atoms with Gasteiger partial charge < -0.3 is 10.1 Å². The van der Waals surface area contributed by atoms with E-state index in [1.54, 1.807) is 10.7 Å². The number of ether oxygens (including phenoxy) is 1. The first-order chi connectivity index (χ1) is 14.3. The molecule has 0 spiro atoms. The first kappa shape index (κ1) is 19.9. The average Bonchev–Trinajstić information content (AvgIpc) is 3.21. The van der Waals surface area contributed by atoms with Gasteiger partial charge in [0.1, 0.15) is 28.9 Å². The highest BCUT2D eigenvalue weighted by Crippen LogP contribution is 2.56. The van der Waals surface area contributed by atoms with Gasteiger partial charge in [-0.2, -0.15) is 13.2 Å². The third-order valence-electron chi connectivity index (χ3n) is 4.97. The van der Waals surface area contributed by atoms with Gasteiger partial charge >= 0.3 is 6.18 Å². The van der Waals surface area contributed by atoms with Crippen LogP contribution in [0.15, 0.2) is 30.7 Å². The highest BCUT2D eigenvalue weighted by atomic mass is 19.4. The van der Waals surface area contributed by atoms with Crippen molar-refractivity contribution in [1.29, 1.82) is 0 Å². The van der Waals surface area contributed by atoms with Crippen LogP contribution >= 0.6 is 0 Å². The van der Waals surface area contributed by atoms with Crippen molar-refractivity contribution in [2.45, 2.75) is 38.0 Å². The number of hydrogen-bond donors (Lipinski definition) is 1. The van der Waals surface area contributed by atoms with Gasteiger partial charge in [0.05, 0.1) is 7.11 Å². The average molecular weight is 421 g/mol. The molecule has 0 unspecified atom stereocenters. The Labute approximate surface area is 168 Å². The number of hydrogen-bond acceptors (Lipinski definition) is 6. The summed E-state index contributed by atoms with van der Waals surface area (Å²) in [5, 5.41) is 14.2. The molecule has 30 heavy (non-hydrogen) atoms. The van der Waals surface area contributed by atoms with Crippen LogP contribution in [0.1, 0.15) is 30.1 Å². The van der Waals surface area contributed by atoms with Crippen molar-refractivity contribution in [3.8, 4) is 17.4 Å². The second-order valence-corrected chi connectivity index (χ2v) is 6.82. The maximum absolute atomic E-state index is 13.5. The Bertz CT molecular complexity index is 1090. The monoisotopic (exact) mass is 421 g/mol. The van der Waals surface area contributed by atoms with E-state index in [-0.39, 0.29) is 41.6 Å². The molecule has 1 N–H and O–H groups in total. The van der Waals surface area contributed by atoms with Crippen LogP contribution in [0.4, 0.5) is 19.0 Å². The molecule has 1 amide bonds. The van der Waals surface area contributed by atoms with Crippen molar-refractivity contribution < 1.29 is 22.7 Å². The van der Waals surface area contributed by atoms with Gasteiger partial charge in [0.25, 0.3) is 5.91 Å². The zero-order valence-corrected chi connectivity index (χ0v) is 16.1. The molecular weight excluding hydrogens is 403 g/mol. The molecule has 158 valence electrons. The smallest absolute Gasteiger partial charge is 0.412 e. The van der Waals surface area contributed by atoms with Crippen LogP contribution in [0, 0.1) is 0 Å². The Hall–Kier alpha value is -3.44. The van der Waals surface area contributed by atoms with E-state index in [9.17, 15) is 18.0 Å². The lowest BCUT2D eigenvalue weighted by Gasteiger charge is -2.21. The summed E-state index contributed by atoms with van der Waals surface area (Å²) >= 11 is 0. The van der Waals surface area contributed by atoms with Gasteiger partial charge in [-0.25, -0.2) is 4.98 Å². The summed E-state index contributed by atoms with van der Waals surface area (Å²) in [6.45, 7) is 2.41. The van der Waals surface area contributed by atoms with Crippen LogP contribution in [0.3, 0.4) is 0 Å². The van der Waals surface area contributed by atoms with E-state index in [0.717, 1.165) is 10.9 Å². The Kier molecular flexibility index (Phi) is 4.71. The van der Waals surface area contributed by atoms with Crippen molar-refractivity contribution in [2.24, 2.45) is 0 Å². The number of nitrogens with zero attached hydrogens (tertiary/aromatic N) is 6. The molecule has 0 aliphatic heterocycles. The maximum atomic E-state index is 13.5. The second-order valence-electron chi connectivity index (χ2n) is 6.82. The minimum absolute atomic E-state index is 0.0164. The first-order valence-corrected chi connectivity index (χ1v) is 9.16. The predicted molar refractivity (Wildman–Crippen MR) is 98.9 cm³/mol. The summed E-state index contributed by atoms with van der Waals surface area (Å²) < 4.78 is 48.2. The number of nitrogens with one attached hydrogen (secondary N) is 1. The lowest BCUT2D eigenvalue weighted by molar-refractivity contribution is -0.179. The van der Waals surface area contributed by atoms with Crippen LogP contribution in [-0.2, 0) is 12.1 Å². The Morgan fingerprint density at radius 3 is 2.73 bits per heavy atom. The topological polar surface area (TPSA) is 99.8 Å². The number of carbonyl (C=O) groups is 1. The number of amides is 1. The second kappa shape index (κ2) is 7.11. The van der Waals surface area contributed by atoms with Gasteiger partial charge in [-0.1, -0.05) is 6.07 Å². The SMILES string of the molecule is CCn1cc(C(=O)Nc2cccc(-c3nncn3C3(C(F)(F)F)CC3)n2)c(OC)n1. The van der Waals surface area contributed by atoms with Crippen LogP contribution in [0.25, 0.3) is 11.5 Å². The van der Waals surface area contributed by atoms with Gasteiger partial charge in [0.15, 0.2) is 5.82 Å². The van der Waals surface area contributed by atoms with E-state index >= 15 is 0 Å². The molecule has 0 bridgehead atoms. The van der Waals surface area contributed by atoms with Gasteiger partial charge in [0, 0.05) is 12.7 Å². The van der Waals surface area contributed by atoms with Crippen molar-refractivity contribution in [2.75, 3.05) is 12.4 Å². The van der Waals surface area contributed by atoms with Crippen LogP contribution < -0.4 is 10.1 Å². The van der Waals surface area contributed by atoms with Crippen LogP contribution in [0.2, 0.25) is 0 Å². The summed E-state index contributed by atoms with van der Waals surface area (Å²) in [6, 6.07) is 4.60. The first-order valence-electron chi connectivity index (χ1n) is 9.16. The zero-order chi connectivity index (χ0) is 21.5. The normalized spacial score (nSPS) is 15.1. The Morgan fingerprint density at radius 1 is 1.33 bits per heavy atom. The third kappa shape index (κ3) is 3.27. The molecule has 1 aliphatic rings. The molecule has 1 saturated carbocycles. The van der Waals surface area contributed by atoms with E-state index in [1.807, 2.05) is 6.92 Å². The maximum Gasteiger partial charge on any atom is 0.412 e. The van der Waals surface area contributed by atoms with Crippen molar-refractivity contribution in [3.05, 3.63) is 36.3 Å². The molecule has 1 fully saturated rings. The Morgan fingerprint density at radius 2 is 2.10 bits per heavy atom. The van der Waals surface area contributed by atoms with Crippen molar-refractivity contribution >= 4 is 11.7 Å². The van der Waals surface area contributed by atoms with E-state index in [4.69, 9.17) is 4.74 Å². The number of carbonyl (C=O) groups excluding carboxylic acids is 1. The van der Waals surface area contributed by atoms with Crippen LogP contribution in [0.5, 0.6) is 5.88 Å². The molecule has 0 saturated heterocycles. The summed E-state index contributed by atoms with van der Waals surface area (Å²) in [4.78, 5) is 16.9. The number of alkyl halides is 3. The number of halogens is 3. The van der Waals surface area contributed by atoms with Crippen molar-refractivity contribution in [1.82, 2.24) is 29.5 Å². The number of rotatable bonds is 6. The van der Waals surface area contributed by atoms with Gasteiger partial charge in [-0.15, -0.1) is 15.3 Å². The molecule has 0 atom stereocenters. The molecule has 3 heterocycles. The number of methoxy groups -OCH3 is 1. The fourth-order valence-corrected chi connectivity index (χ4v) is 3.19. The lowest BCUT2D eigenvalue weighted by atomic mass is 10.2. The standard InChI is InChI=1S/C18H18F3N7O2/c1-3-27-9-11(16(26-27)30-2)15(29)24-13-6-4-5-12(23-13)14-25-22-10-28(14)17(7-8-17)18(19,20)21/h4-6,9-10H,3,7-8H2,1-2H3,(H,23,24,29). The quantitative estimate of drug-likeness (QED) is 0.657. The molecule has 12 heteroatoms. The molecule has 3 aromatic rings. The molecule has 1 aliphatic carbocycles. The van der Waals surface area contributed by atoms with Crippen molar-refractivity contribution in [3.63, 3.8) is 0 Å². The van der Waals surface area contributed by atoms with Gasteiger partial charge in [-0.3, -0.25) is 14.0 Å². The fourth-order valence-electron chi connectivity index (χ4n) is 3.19. The molecule has 0 aromatic carbocycles. The summed E-state index contributed by atoms with van der Waals surface area (Å²) in [5.41, 5.74) is -1.63. The van der Waals surface area contributed by atoms with E-state index in [1.165, 1.54) is 25.4 Å². The number of pyridine rings is 1. The fraction of sp³-hybridized carbons (Fsp3) is 0.389. The van der Waals surface area contributed by atoms with E-state index in [2.05, 4.69) is 25.6 Å². The minimum Gasteiger partial charge on any atom is -0.479 e. The largest absolute Gasteiger partial charge is 0.479 e. The molecule has 4 rings (SSSR count). The Balaban J connectivity index is 1.62. The predicted octanol–water partition coefficient (Wildman–Crippen LogP) is 2.87. The molecular formula is C18H18F3N7O2. The summed E-state index contributed by atoms with van der Waals surface area (Å²) in [6.07, 6.45) is -1.91. The highest BCUT2D eigenvalue weighted by Gasteiger charge is 2.65. The van der Waals surface area contributed by atoms with Crippen LogP contribution in [-0.4, -0.2) is 48.7 Å². The molecule has 3 aromatic heterocycles. The number of aryl methyl sites for hydroxylation is 1. The molecule has 9 nitrogen and oxygen atoms in total. The third-order valence-corrected chi connectivity index (χ3v) is 4.97. The highest BCUT2D eigenvalue weighted by molar-refractivity contribution is 6.05. The number of aromatic nitrogens is 6. The summed E-state index contributed by atoms with van der Waals surface area (Å²) in [7, 11) is 1.40. The summed E-state index contributed by atoms with van der Waals surface area (Å²) in [5.74, 6) is -0.217. The lowest BCUT2D eigenvalue weighted by Crippen LogP contribution is -2.35. The van der Waals surface area contributed by atoms with E-state index in [0.29, 0.717) is 6.54 Å². The zero-order valence-electron chi connectivity index (χ0n) is 16.1. The minimum atomic E-state index is -4.42. The van der Waals surface area contributed by atoms with Gasteiger partial charge in [0.2, 0.25) is 5.88 Å². The number of anilines is 1.